The highest BCUT2D eigenvalue weighted by molar-refractivity contribution is 6.31. The second kappa shape index (κ2) is 8.21. The van der Waals surface area contributed by atoms with E-state index in [1.807, 2.05) is 42.5 Å². The summed E-state index contributed by atoms with van der Waals surface area (Å²) in [5, 5.41) is 8.06. The fraction of sp³-hybridized carbons (Fsp3) is 0.100. The molecule has 0 saturated carbocycles. The highest BCUT2D eigenvalue weighted by Crippen LogP contribution is 2.29. The minimum Gasteiger partial charge on any atom is -0.461 e. The van der Waals surface area contributed by atoms with Crippen molar-refractivity contribution in [2.24, 2.45) is 0 Å². The first-order valence-corrected chi connectivity index (χ1v) is 8.78. The number of H-pyrrole nitrogens is 1. The number of rotatable bonds is 5. The lowest BCUT2D eigenvalue weighted by atomic mass is 9.96. The third-order valence-corrected chi connectivity index (χ3v) is 4.25. The molecule has 2 aromatic carbocycles. The van der Waals surface area contributed by atoms with Crippen LogP contribution in [0.3, 0.4) is 0 Å². The molecule has 26 heavy (non-hydrogen) atoms. The van der Waals surface area contributed by atoms with Gasteiger partial charge in [-0.1, -0.05) is 47.5 Å². The van der Waals surface area contributed by atoms with Crippen molar-refractivity contribution >= 4 is 40.8 Å². The van der Waals surface area contributed by atoms with E-state index in [1.165, 1.54) is 0 Å². The molecule has 6 heteroatoms. The molecule has 1 heterocycles. The predicted octanol–water partition coefficient (Wildman–Crippen LogP) is 5.48. The summed E-state index contributed by atoms with van der Waals surface area (Å²) in [7, 11) is 0. The van der Waals surface area contributed by atoms with Crippen molar-refractivity contribution < 1.29 is 9.53 Å². The first-order chi connectivity index (χ1) is 12.6. The number of aromatic nitrogens is 2. The van der Waals surface area contributed by atoms with Crippen molar-refractivity contribution in [1.82, 2.24) is 10.2 Å². The molecule has 3 aromatic rings. The van der Waals surface area contributed by atoms with Crippen molar-refractivity contribution in [1.29, 1.82) is 0 Å². The van der Waals surface area contributed by atoms with Crippen LogP contribution in [0.1, 0.15) is 34.1 Å². The Kier molecular flexibility index (Phi) is 5.76. The standard InChI is InChI=1S/C20H16Cl2N2O2/c1-2-26-20(25)19-18(12-23-24-19)17(14-5-9-16(22)10-6-14)11-13-3-7-15(21)8-4-13/h3-12H,2H2,1H3,(H,23,24). The fourth-order valence-corrected chi connectivity index (χ4v) is 2.77. The molecular weight excluding hydrogens is 371 g/mol. The number of carbonyl (C=O) groups is 1. The lowest BCUT2D eigenvalue weighted by Gasteiger charge is -2.09. The van der Waals surface area contributed by atoms with Crippen LogP contribution in [0.4, 0.5) is 0 Å². The molecule has 0 radical (unpaired) electrons. The predicted molar refractivity (Wildman–Crippen MR) is 104 cm³/mol. The molecule has 0 saturated heterocycles. The van der Waals surface area contributed by atoms with Crippen molar-refractivity contribution in [3.05, 3.63) is 87.2 Å². The number of nitrogens with one attached hydrogen (secondary N) is 1. The molecule has 132 valence electrons. The highest BCUT2D eigenvalue weighted by Gasteiger charge is 2.19. The zero-order chi connectivity index (χ0) is 18.5. The Balaban J connectivity index is 2.13. The lowest BCUT2D eigenvalue weighted by Crippen LogP contribution is -2.08. The molecule has 4 nitrogen and oxygen atoms in total. The van der Waals surface area contributed by atoms with Gasteiger partial charge in [0.1, 0.15) is 0 Å². The first kappa shape index (κ1) is 18.2. The third kappa shape index (κ3) is 4.15. The number of halogens is 2. The molecule has 1 aromatic heterocycles. The Morgan fingerprint density at radius 3 is 2.31 bits per heavy atom. The number of carbonyl (C=O) groups excluding carboxylic acids is 1. The maximum Gasteiger partial charge on any atom is 0.356 e. The summed E-state index contributed by atoms with van der Waals surface area (Å²) < 4.78 is 5.12. The molecule has 3 rings (SSSR count). The topological polar surface area (TPSA) is 55.0 Å². The van der Waals surface area contributed by atoms with E-state index in [2.05, 4.69) is 10.2 Å². The van der Waals surface area contributed by atoms with Crippen LogP contribution < -0.4 is 0 Å². The van der Waals surface area contributed by atoms with Gasteiger partial charge in [0, 0.05) is 15.6 Å². The number of hydrogen-bond acceptors (Lipinski definition) is 3. The quantitative estimate of drug-likeness (QED) is 0.466. The SMILES string of the molecule is CCOC(=O)c1[nH]ncc1C(=Cc1ccc(Cl)cc1)c1ccc(Cl)cc1. The Hall–Kier alpha value is -2.56. The fourth-order valence-electron chi connectivity index (χ4n) is 2.52. The van der Waals surface area contributed by atoms with E-state index in [0.717, 1.165) is 16.7 Å². The maximum atomic E-state index is 12.3. The van der Waals surface area contributed by atoms with Gasteiger partial charge in [0.15, 0.2) is 5.69 Å². The van der Waals surface area contributed by atoms with Gasteiger partial charge in [-0.25, -0.2) is 4.79 Å². The largest absolute Gasteiger partial charge is 0.461 e. The Morgan fingerprint density at radius 2 is 1.69 bits per heavy atom. The zero-order valence-corrected chi connectivity index (χ0v) is 15.5. The first-order valence-electron chi connectivity index (χ1n) is 8.02. The highest BCUT2D eigenvalue weighted by atomic mass is 35.5. The molecule has 0 spiro atoms. The number of ether oxygens (including phenoxy) is 1. The van der Waals surface area contributed by atoms with Crippen LogP contribution in [0, 0.1) is 0 Å². The van der Waals surface area contributed by atoms with Crippen molar-refractivity contribution in [3.63, 3.8) is 0 Å². The van der Waals surface area contributed by atoms with Crippen LogP contribution in [-0.2, 0) is 4.74 Å². The molecule has 0 aliphatic carbocycles. The van der Waals surface area contributed by atoms with Gasteiger partial charge in [-0.05, 0) is 54.0 Å². The molecule has 0 fully saturated rings. The third-order valence-electron chi connectivity index (χ3n) is 3.75. The summed E-state index contributed by atoms with van der Waals surface area (Å²) in [5.41, 5.74) is 3.62. The van der Waals surface area contributed by atoms with Gasteiger partial charge in [-0.3, -0.25) is 5.10 Å². The minimum atomic E-state index is -0.448. The molecule has 0 amide bonds. The summed E-state index contributed by atoms with van der Waals surface area (Å²) in [6.07, 6.45) is 3.58. The van der Waals surface area contributed by atoms with E-state index in [0.29, 0.717) is 21.3 Å². The molecule has 0 atom stereocenters. The summed E-state index contributed by atoms with van der Waals surface area (Å²) >= 11 is 12.0. The van der Waals surface area contributed by atoms with E-state index in [-0.39, 0.29) is 6.61 Å². The molecule has 0 aliphatic heterocycles. The van der Waals surface area contributed by atoms with Crippen LogP contribution in [-0.4, -0.2) is 22.8 Å². The van der Waals surface area contributed by atoms with Crippen molar-refractivity contribution in [3.8, 4) is 0 Å². The summed E-state index contributed by atoms with van der Waals surface area (Å²) in [6.45, 7) is 2.05. The second-order valence-electron chi connectivity index (χ2n) is 5.50. The molecular formula is C20H16Cl2N2O2. The van der Waals surface area contributed by atoms with Gasteiger partial charge in [0.25, 0.3) is 0 Å². The summed E-state index contributed by atoms with van der Waals surface area (Å²) in [5.74, 6) is -0.448. The monoisotopic (exact) mass is 386 g/mol. The number of nitrogens with zero attached hydrogens (tertiary/aromatic N) is 1. The number of hydrogen-bond donors (Lipinski definition) is 1. The van der Waals surface area contributed by atoms with E-state index < -0.39 is 5.97 Å². The van der Waals surface area contributed by atoms with Crippen molar-refractivity contribution in [2.75, 3.05) is 6.61 Å². The average Bonchev–Trinajstić information content (AvgIpc) is 3.12. The lowest BCUT2D eigenvalue weighted by molar-refractivity contribution is 0.0519. The van der Waals surface area contributed by atoms with Crippen LogP contribution in [0.15, 0.2) is 54.7 Å². The van der Waals surface area contributed by atoms with E-state index in [4.69, 9.17) is 27.9 Å². The molecule has 0 unspecified atom stereocenters. The number of aromatic amines is 1. The molecule has 0 bridgehead atoms. The second-order valence-corrected chi connectivity index (χ2v) is 6.37. The average molecular weight is 387 g/mol. The number of benzene rings is 2. The van der Waals surface area contributed by atoms with Gasteiger partial charge in [0.05, 0.1) is 12.8 Å². The van der Waals surface area contributed by atoms with Gasteiger partial charge in [-0.15, -0.1) is 0 Å². The van der Waals surface area contributed by atoms with Crippen LogP contribution in [0.5, 0.6) is 0 Å². The van der Waals surface area contributed by atoms with Crippen LogP contribution >= 0.6 is 23.2 Å². The molecule has 1 N–H and O–H groups in total. The van der Waals surface area contributed by atoms with E-state index >= 15 is 0 Å². The van der Waals surface area contributed by atoms with Gasteiger partial charge < -0.3 is 4.74 Å². The minimum absolute atomic E-state index is 0.286. The summed E-state index contributed by atoms with van der Waals surface area (Å²) in [6, 6.07) is 14.8. The Bertz CT molecular complexity index is 929. The van der Waals surface area contributed by atoms with Crippen LogP contribution in [0.2, 0.25) is 10.0 Å². The van der Waals surface area contributed by atoms with Crippen molar-refractivity contribution in [2.45, 2.75) is 6.92 Å². The van der Waals surface area contributed by atoms with Gasteiger partial charge in [-0.2, -0.15) is 5.10 Å². The smallest absolute Gasteiger partial charge is 0.356 e. The maximum absolute atomic E-state index is 12.3. The van der Waals surface area contributed by atoms with E-state index in [1.54, 1.807) is 25.3 Å². The normalized spacial score (nSPS) is 11.4. The molecule has 0 aliphatic rings. The number of esters is 1. The van der Waals surface area contributed by atoms with Crippen LogP contribution in [0.25, 0.3) is 11.6 Å². The Labute approximate surface area is 161 Å². The van der Waals surface area contributed by atoms with E-state index in [9.17, 15) is 4.79 Å². The van der Waals surface area contributed by atoms with Gasteiger partial charge in [0.2, 0.25) is 0 Å². The van der Waals surface area contributed by atoms with Gasteiger partial charge >= 0.3 is 5.97 Å². The summed E-state index contributed by atoms with van der Waals surface area (Å²) in [4.78, 5) is 12.3. The zero-order valence-electron chi connectivity index (χ0n) is 14.0. The Morgan fingerprint density at radius 1 is 1.08 bits per heavy atom.